The number of ether oxygens (including phenoxy) is 1. The molecule has 1 amide bonds. The maximum Gasteiger partial charge on any atom is 0.221 e. The number of nitrogens with one attached hydrogen (secondary N) is 1. The fraction of sp³-hybridized carbons (Fsp3) is 0.455. The van der Waals surface area contributed by atoms with Crippen molar-refractivity contribution in [3.8, 4) is 16.9 Å². The predicted octanol–water partition coefficient (Wildman–Crippen LogP) is 3.00. The monoisotopic (exact) mass is 418 g/mol. The van der Waals surface area contributed by atoms with Gasteiger partial charge in [0.2, 0.25) is 5.91 Å². The Hall–Kier alpha value is -2.15. The van der Waals surface area contributed by atoms with Crippen LogP contribution in [0.4, 0.5) is 0 Å². The third-order valence-corrected chi connectivity index (χ3v) is 5.32. The summed E-state index contributed by atoms with van der Waals surface area (Å²) in [7, 11) is 1.71. The predicted molar refractivity (Wildman–Crippen MR) is 118 cm³/mol. The quantitative estimate of drug-likeness (QED) is 0.688. The number of hydrogen-bond acceptors (Lipinski definition) is 5. The Morgan fingerprint density at radius 2 is 2.03 bits per heavy atom. The Bertz CT molecular complexity index is 773. The number of hydrogen-bond donors (Lipinski definition) is 2. The van der Waals surface area contributed by atoms with Gasteiger partial charge in [-0.25, -0.2) is 0 Å². The molecule has 1 aromatic carbocycles. The SMILES string of the molecule is COc1ccc(-c2ccncc2)cc1CN1CCCCC1CNC(=O)CCN.Cl. The van der Waals surface area contributed by atoms with Crippen molar-refractivity contribution in [1.29, 1.82) is 0 Å². The molecule has 1 unspecified atom stereocenters. The van der Waals surface area contributed by atoms with Crippen LogP contribution in [0, 0.1) is 0 Å². The van der Waals surface area contributed by atoms with Crippen LogP contribution in [-0.2, 0) is 11.3 Å². The summed E-state index contributed by atoms with van der Waals surface area (Å²) in [6.45, 7) is 2.89. The molecule has 2 aromatic rings. The molecule has 2 heterocycles. The van der Waals surface area contributed by atoms with E-state index in [1.807, 2.05) is 30.6 Å². The second-order valence-electron chi connectivity index (χ2n) is 7.23. The van der Waals surface area contributed by atoms with Crippen molar-refractivity contribution in [1.82, 2.24) is 15.2 Å². The fourth-order valence-electron chi connectivity index (χ4n) is 3.80. The third kappa shape index (κ3) is 6.42. The van der Waals surface area contributed by atoms with Gasteiger partial charge in [-0.1, -0.05) is 12.5 Å². The highest BCUT2D eigenvalue weighted by atomic mass is 35.5. The van der Waals surface area contributed by atoms with Gasteiger partial charge in [-0.3, -0.25) is 14.7 Å². The molecule has 1 atom stereocenters. The molecule has 3 rings (SSSR count). The topological polar surface area (TPSA) is 80.5 Å². The number of aromatic nitrogens is 1. The minimum Gasteiger partial charge on any atom is -0.496 e. The zero-order chi connectivity index (χ0) is 19.8. The summed E-state index contributed by atoms with van der Waals surface area (Å²) >= 11 is 0. The second kappa shape index (κ2) is 11.8. The number of pyridine rings is 1. The van der Waals surface area contributed by atoms with E-state index in [-0.39, 0.29) is 18.3 Å². The van der Waals surface area contributed by atoms with Crippen molar-refractivity contribution in [3.05, 3.63) is 48.3 Å². The highest BCUT2D eigenvalue weighted by Gasteiger charge is 2.24. The van der Waals surface area contributed by atoms with Crippen molar-refractivity contribution in [3.63, 3.8) is 0 Å². The van der Waals surface area contributed by atoms with Gasteiger partial charge in [-0.15, -0.1) is 12.4 Å². The van der Waals surface area contributed by atoms with Gasteiger partial charge in [0.05, 0.1) is 7.11 Å². The summed E-state index contributed by atoms with van der Waals surface area (Å²) in [4.78, 5) is 18.4. The summed E-state index contributed by atoms with van der Waals surface area (Å²) in [6, 6.07) is 10.7. The molecule has 1 saturated heterocycles. The van der Waals surface area contributed by atoms with Gasteiger partial charge < -0.3 is 15.8 Å². The highest BCUT2D eigenvalue weighted by Crippen LogP contribution is 2.29. The van der Waals surface area contributed by atoms with Crippen LogP contribution in [-0.4, -0.2) is 48.6 Å². The molecule has 3 N–H and O–H groups in total. The van der Waals surface area contributed by atoms with E-state index in [1.54, 1.807) is 7.11 Å². The molecule has 7 heteroatoms. The first-order valence-electron chi connectivity index (χ1n) is 9.99. The first kappa shape index (κ1) is 23.1. The van der Waals surface area contributed by atoms with E-state index in [1.165, 1.54) is 12.8 Å². The van der Waals surface area contributed by atoms with Crippen LogP contribution in [0.2, 0.25) is 0 Å². The fourth-order valence-corrected chi connectivity index (χ4v) is 3.80. The van der Waals surface area contributed by atoms with Crippen molar-refractivity contribution in [2.75, 3.05) is 26.7 Å². The lowest BCUT2D eigenvalue weighted by Gasteiger charge is -2.36. The maximum atomic E-state index is 11.8. The normalized spacial score (nSPS) is 16.7. The van der Waals surface area contributed by atoms with Gasteiger partial charge in [-0.05, 0) is 54.8 Å². The first-order valence-corrected chi connectivity index (χ1v) is 9.99. The van der Waals surface area contributed by atoms with Crippen LogP contribution in [0.5, 0.6) is 5.75 Å². The average Bonchev–Trinajstić information content (AvgIpc) is 2.74. The van der Waals surface area contributed by atoms with E-state index in [0.717, 1.165) is 42.0 Å². The van der Waals surface area contributed by atoms with E-state index in [9.17, 15) is 4.79 Å². The van der Waals surface area contributed by atoms with Gasteiger partial charge in [0, 0.05) is 50.1 Å². The van der Waals surface area contributed by atoms with Crippen molar-refractivity contribution in [2.24, 2.45) is 5.73 Å². The van der Waals surface area contributed by atoms with Gasteiger partial charge in [0.25, 0.3) is 0 Å². The Balaban J connectivity index is 0.00000300. The van der Waals surface area contributed by atoms with Crippen LogP contribution in [0.25, 0.3) is 11.1 Å². The molecule has 0 spiro atoms. The zero-order valence-electron chi connectivity index (χ0n) is 17.0. The lowest BCUT2D eigenvalue weighted by atomic mass is 9.99. The molecule has 29 heavy (non-hydrogen) atoms. The van der Waals surface area contributed by atoms with E-state index < -0.39 is 0 Å². The first-order chi connectivity index (χ1) is 13.7. The van der Waals surface area contributed by atoms with Gasteiger partial charge in [0.1, 0.15) is 5.75 Å². The van der Waals surface area contributed by atoms with Gasteiger partial charge >= 0.3 is 0 Å². The largest absolute Gasteiger partial charge is 0.496 e. The second-order valence-corrected chi connectivity index (χ2v) is 7.23. The van der Waals surface area contributed by atoms with E-state index in [2.05, 4.69) is 27.3 Å². The van der Waals surface area contributed by atoms with Crippen LogP contribution >= 0.6 is 12.4 Å². The molecule has 0 saturated carbocycles. The van der Waals surface area contributed by atoms with E-state index in [4.69, 9.17) is 10.5 Å². The summed E-state index contributed by atoms with van der Waals surface area (Å²) < 4.78 is 5.62. The van der Waals surface area contributed by atoms with Crippen LogP contribution < -0.4 is 15.8 Å². The van der Waals surface area contributed by atoms with Crippen molar-refractivity contribution in [2.45, 2.75) is 38.3 Å². The number of carbonyl (C=O) groups excluding carboxylic acids is 1. The molecule has 0 bridgehead atoms. The minimum absolute atomic E-state index is 0. The molecule has 1 aliphatic heterocycles. The Labute approximate surface area is 179 Å². The third-order valence-electron chi connectivity index (χ3n) is 5.32. The van der Waals surface area contributed by atoms with Crippen LogP contribution in [0.3, 0.4) is 0 Å². The number of rotatable bonds is 8. The molecular formula is C22H31ClN4O2. The molecule has 158 valence electrons. The smallest absolute Gasteiger partial charge is 0.221 e. The Morgan fingerprint density at radius 3 is 2.76 bits per heavy atom. The maximum absolute atomic E-state index is 11.8. The average molecular weight is 419 g/mol. The number of likely N-dealkylation sites (tertiary alicyclic amines) is 1. The summed E-state index contributed by atoms with van der Waals surface area (Å²) in [5, 5.41) is 3.04. The number of carbonyl (C=O) groups is 1. The lowest BCUT2D eigenvalue weighted by Crippen LogP contribution is -2.46. The number of amides is 1. The molecule has 1 aromatic heterocycles. The molecule has 0 radical (unpaired) electrons. The summed E-state index contributed by atoms with van der Waals surface area (Å²) in [6.07, 6.45) is 7.47. The molecular weight excluding hydrogens is 388 g/mol. The van der Waals surface area contributed by atoms with Crippen molar-refractivity contribution >= 4 is 18.3 Å². The number of benzene rings is 1. The lowest BCUT2D eigenvalue weighted by molar-refractivity contribution is -0.121. The molecule has 1 aliphatic rings. The van der Waals surface area contributed by atoms with E-state index in [0.29, 0.717) is 25.6 Å². The van der Waals surface area contributed by atoms with Gasteiger partial charge in [-0.2, -0.15) is 0 Å². The molecule has 6 nitrogen and oxygen atoms in total. The number of halogens is 1. The Morgan fingerprint density at radius 1 is 1.24 bits per heavy atom. The summed E-state index contributed by atoms with van der Waals surface area (Å²) in [5.41, 5.74) is 8.93. The Kier molecular flexibility index (Phi) is 9.38. The number of methoxy groups -OCH3 is 1. The standard InChI is InChI=1S/C22H30N4O2.ClH/c1-28-21-6-5-18(17-8-11-24-12-9-17)14-19(21)16-26-13-3-2-4-20(26)15-25-22(27)7-10-23;/h5-6,8-9,11-12,14,20H,2-4,7,10,13,15-16,23H2,1H3,(H,25,27);1H. The number of piperidine rings is 1. The molecule has 1 fully saturated rings. The minimum atomic E-state index is 0. The molecule has 0 aliphatic carbocycles. The van der Waals surface area contributed by atoms with E-state index >= 15 is 0 Å². The highest BCUT2D eigenvalue weighted by molar-refractivity contribution is 5.85. The van der Waals surface area contributed by atoms with Crippen LogP contribution in [0.15, 0.2) is 42.7 Å². The number of nitrogens with two attached hydrogens (primary N) is 1. The van der Waals surface area contributed by atoms with Crippen molar-refractivity contribution < 1.29 is 9.53 Å². The van der Waals surface area contributed by atoms with Crippen LogP contribution in [0.1, 0.15) is 31.2 Å². The zero-order valence-corrected chi connectivity index (χ0v) is 17.8. The van der Waals surface area contributed by atoms with Gasteiger partial charge in [0.15, 0.2) is 0 Å². The number of nitrogens with zero attached hydrogens (tertiary/aromatic N) is 2. The summed E-state index contributed by atoms with van der Waals surface area (Å²) in [5.74, 6) is 0.930.